The van der Waals surface area contributed by atoms with Gasteiger partial charge in [0.1, 0.15) is 0 Å². The van der Waals surface area contributed by atoms with Gasteiger partial charge in [-0.1, -0.05) is 19.4 Å². The average Bonchev–Trinajstić information content (AvgIpc) is 2.57. The lowest BCUT2D eigenvalue weighted by Gasteiger charge is -2.33. The predicted octanol–water partition coefficient (Wildman–Crippen LogP) is 2.63. The van der Waals surface area contributed by atoms with Crippen LogP contribution in [0.3, 0.4) is 0 Å². The molecular weight excluding hydrogens is 314 g/mol. The molecule has 0 bridgehead atoms. The third-order valence-corrected chi connectivity index (χ3v) is 4.47. The lowest BCUT2D eigenvalue weighted by atomic mass is 9.96. The van der Waals surface area contributed by atoms with Gasteiger partial charge in [-0.15, -0.1) is 0 Å². The fourth-order valence-electron chi connectivity index (χ4n) is 3.04. The molecule has 1 saturated heterocycles. The van der Waals surface area contributed by atoms with Crippen LogP contribution in [-0.2, 0) is 4.79 Å². The lowest BCUT2D eigenvalue weighted by molar-refractivity contribution is -0.126. The Bertz CT molecular complexity index is 554. The second kappa shape index (κ2) is 9.08. The molecule has 2 N–H and O–H groups in total. The van der Waals surface area contributed by atoms with Crippen LogP contribution in [0, 0.1) is 17.6 Å². The number of likely N-dealkylation sites (tertiary alicyclic amines) is 1. The van der Waals surface area contributed by atoms with Crippen LogP contribution >= 0.6 is 0 Å². The standard InChI is InChI=1S/C18H26F2N2O2/c1-2-3-8-21-18(24)14-5-4-9-22(11-14)12-17(23)13-6-7-15(19)16(20)10-13/h6-7,10,14,17,23H,2-5,8-9,11-12H2,1H3,(H,21,24)/t14-,17+/m1/s1. The first kappa shape index (κ1) is 18.8. The Morgan fingerprint density at radius 1 is 1.42 bits per heavy atom. The van der Waals surface area contributed by atoms with Crippen LogP contribution in [-0.4, -0.2) is 42.1 Å². The summed E-state index contributed by atoms with van der Waals surface area (Å²) < 4.78 is 26.3. The molecule has 6 heteroatoms. The Labute approximate surface area is 141 Å². The number of hydrogen-bond donors (Lipinski definition) is 2. The largest absolute Gasteiger partial charge is 0.387 e. The van der Waals surface area contributed by atoms with E-state index in [0.717, 1.165) is 44.4 Å². The van der Waals surface area contributed by atoms with Crippen LogP contribution in [0.5, 0.6) is 0 Å². The van der Waals surface area contributed by atoms with Crippen molar-refractivity contribution in [1.82, 2.24) is 10.2 Å². The molecule has 1 amide bonds. The van der Waals surface area contributed by atoms with Gasteiger partial charge in [0.05, 0.1) is 12.0 Å². The predicted molar refractivity (Wildman–Crippen MR) is 88.4 cm³/mol. The fourth-order valence-corrected chi connectivity index (χ4v) is 3.04. The second-order valence-electron chi connectivity index (χ2n) is 6.43. The zero-order valence-corrected chi connectivity index (χ0v) is 14.1. The first-order valence-electron chi connectivity index (χ1n) is 8.64. The molecule has 0 aliphatic carbocycles. The molecular formula is C18H26F2N2O2. The third-order valence-electron chi connectivity index (χ3n) is 4.47. The summed E-state index contributed by atoms with van der Waals surface area (Å²) in [6, 6.07) is 3.44. The third kappa shape index (κ3) is 5.24. The number of amides is 1. The van der Waals surface area contributed by atoms with Crippen LogP contribution in [0.4, 0.5) is 8.78 Å². The Balaban J connectivity index is 1.87. The molecule has 0 unspecified atom stereocenters. The number of hydrogen-bond acceptors (Lipinski definition) is 3. The van der Waals surface area contributed by atoms with E-state index < -0.39 is 17.7 Å². The van der Waals surface area contributed by atoms with E-state index in [1.807, 2.05) is 4.90 Å². The van der Waals surface area contributed by atoms with Gasteiger partial charge in [-0.3, -0.25) is 9.69 Å². The van der Waals surface area contributed by atoms with Gasteiger partial charge in [0.15, 0.2) is 11.6 Å². The van der Waals surface area contributed by atoms with Crippen molar-refractivity contribution in [2.75, 3.05) is 26.2 Å². The van der Waals surface area contributed by atoms with E-state index in [-0.39, 0.29) is 11.8 Å². The van der Waals surface area contributed by atoms with Crippen molar-refractivity contribution in [1.29, 1.82) is 0 Å². The minimum absolute atomic E-state index is 0.0652. The number of carbonyl (C=O) groups is 1. The Morgan fingerprint density at radius 2 is 2.21 bits per heavy atom. The number of rotatable bonds is 7. The molecule has 0 aromatic heterocycles. The van der Waals surface area contributed by atoms with Crippen molar-refractivity contribution in [3.63, 3.8) is 0 Å². The number of nitrogens with one attached hydrogen (secondary N) is 1. The van der Waals surface area contributed by atoms with Crippen LogP contribution in [0.15, 0.2) is 18.2 Å². The summed E-state index contributed by atoms with van der Waals surface area (Å²) in [7, 11) is 0. The fraction of sp³-hybridized carbons (Fsp3) is 0.611. The highest BCUT2D eigenvalue weighted by molar-refractivity contribution is 5.78. The average molecular weight is 340 g/mol. The van der Waals surface area contributed by atoms with Gasteiger partial charge in [-0.2, -0.15) is 0 Å². The number of aliphatic hydroxyl groups excluding tert-OH is 1. The number of unbranched alkanes of at least 4 members (excludes halogenated alkanes) is 1. The van der Waals surface area contributed by atoms with Crippen LogP contribution < -0.4 is 5.32 Å². The van der Waals surface area contributed by atoms with Crippen molar-refractivity contribution in [2.45, 2.75) is 38.7 Å². The van der Waals surface area contributed by atoms with Gasteiger partial charge in [0.2, 0.25) is 5.91 Å². The topological polar surface area (TPSA) is 52.6 Å². The Kier molecular flexibility index (Phi) is 7.12. The number of piperidine rings is 1. The summed E-state index contributed by atoms with van der Waals surface area (Å²) in [5, 5.41) is 13.2. The van der Waals surface area contributed by atoms with Gasteiger partial charge in [-0.25, -0.2) is 8.78 Å². The van der Waals surface area contributed by atoms with Crippen molar-refractivity contribution in [3.8, 4) is 0 Å². The summed E-state index contributed by atoms with van der Waals surface area (Å²) in [5.41, 5.74) is 0.350. The van der Waals surface area contributed by atoms with Crippen molar-refractivity contribution < 1.29 is 18.7 Å². The van der Waals surface area contributed by atoms with E-state index in [2.05, 4.69) is 12.2 Å². The van der Waals surface area contributed by atoms with Gasteiger partial charge in [0.25, 0.3) is 0 Å². The molecule has 1 aliphatic rings. The minimum Gasteiger partial charge on any atom is -0.387 e. The normalized spacial score (nSPS) is 19.9. The number of β-amino-alcohol motifs (C(OH)–C–C–N with tert-alkyl or cyclic N) is 1. The number of halogens is 2. The molecule has 1 fully saturated rings. The van der Waals surface area contributed by atoms with Gasteiger partial charge < -0.3 is 10.4 Å². The molecule has 1 aliphatic heterocycles. The van der Waals surface area contributed by atoms with Crippen molar-refractivity contribution >= 4 is 5.91 Å². The zero-order valence-electron chi connectivity index (χ0n) is 14.1. The highest BCUT2D eigenvalue weighted by Crippen LogP contribution is 2.22. The van der Waals surface area contributed by atoms with E-state index in [1.165, 1.54) is 6.07 Å². The lowest BCUT2D eigenvalue weighted by Crippen LogP contribution is -2.44. The maximum Gasteiger partial charge on any atom is 0.224 e. The SMILES string of the molecule is CCCCNC(=O)[C@@H]1CCCN(C[C@H](O)c2ccc(F)c(F)c2)C1. The van der Waals surface area contributed by atoms with Gasteiger partial charge >= 0.3 is 0 Å². The molecule has 2 atom stereocenters. The molecule has 1 heterocycles. The summed E-state index contributed by atoms with van der Waals surface area (Å²) in [6.45, 7) is 4.46. The van der Waals surface area contributed by atoms with Crippen LogP contribution in [0.25, 0.3) is 0 Å². The number of aliphatic hydroxyl groups is 1. The van der Waals surface area contributed by atoms with E-state index in [4.69, 9.17) is 0 Å². The molecule has 1 aromatic rings. The Hall–Kier alpha value is -1.53. The number of benzene rings is 1. The zero-order chi connectivity index (χ0) is 17.5. The summed E-state index contributed by atoms with van der Waals surface area (Å²) >= 11 is 0. The molecule has 1 aromatic carbocycles. The molecule has 0 radical (unpaired) electrons. The monoisotopic (exact) mass is 340 g/mol. The highest BCUT2D eigenvalue weighted by Gasteiger charge is 2.27. The molecule has 2 rings (SSSR count). The number of carbonyl (C=O) groups excluding carboxylic acids is 1. The molecule has 4 nitrogen and oxygen atoms in total. The van der Waals surface area contributed by atoms with Crippen LogP contribution in [0.1, 0.15) is 44.3 Å². The Morgan fingerprint density at radius 3 is 2.92 bits per heavy atom. The summed E-state index contributed by atoms with van der Waals surface area (Å²) in [4.78, 5) is 14.2. The van der Waals surface area contributed by atoms with E-state index >= 15 is 0 Å². The van der Waals surface area contributed by atoms with Crippen molar-refractivity contribution in [2.24, 2.45) is 5.92 Å². The maximum absolute atomic E-state index is 13.3. The van der Waals surface area contributed by atoms with Crippen molar-refractivity contribution in [3.05, 3.63) is 35.4 Å². The number of nitrogens with zero attached hydrogens (tertiary/aromatic N) is 1. The first-order valence-corrected chi connectivity index (χ1v) is 8.64. The summed E-state index contributed by atoms with van der Waals surface area (Å²) in [6.07, 6.45) is 2.84. The van der Waals surface area contributed by atoms with Crippen LogP contribution in [0.2, 0.25) is 0 Å². The molecule has 24 heavy (non-hydrogen) atoms. The molecule has 0 saturated carbocycles. The van der Waals surface area contributed by atoms with E-state index in [1.54, 1.807) is 0 Å². The maximum atomic E-state index is 13.3. The quantitative estimate of drug-likeness (QED) is 0.750. The smallest absolute Gasteiger partial charge is 0.224 e. The highest BCUT2D eigenvalue weighted by atomic mass is 19.2. The van der Waals surface area contributed by atoms with Gasteiger partial charge in [0, 0.05) is 19.6 Å². The first-order chi connectivity index (χ1) is 11.5. The van der Waals surface area contributed by atoms with Gasteiger partial charge in [-0.05, 0) is 43.5 Å². The molecule has 134 valence electrons. The van der Waals surface area contributed by atoms with E-state index in [9.17, 15) is 18.7 Å². The second-order valence-corrected chi connectivity index (χ2v) is 6.43. The molecule has 0 spiro atoms. The summed E-state index contributed by atoms with van der Waals surface area (Å²) in [5.74, 6) is -1.89. The minimum atomic E-state index is -0.960. The van der Waals surface area contributed by atoms with E-state index in [0.29, 0.717) is 25.2 Å².